The van der Waals surface area contributed by atoms with E-state index in [4.69, 9.17) is 4.43 Å². The van der Waals surface area contributed by atoms with Gasteiger partial charge in [0.2, 0.25) is 10.0 Å². The molecule has 1 aromatic rings. The molecule has 168 valence electrons. The van der Waals surface area contributed by atoms with Crippen LogP contribution in [-0.2, 0) is 19.9 Å². The SMILES string of the molecule is CC(C)(C)[Si](C)(C)OCCS(=O)(=O)Nc1ccc2c(c1)C1(CCC3(CC3)CC1)CN2. The first kappa shape index (κ1) is 22.2. The van der Waals surface area contributed by atoms with Crippen molar-refractivity contribution in [2.24, 2.45) is 5.41 Å². The zero-order chi connectivity index (χ0) is 21.8. The fraction of sp³-hybridized carbons (Fsp3) is 0.739. The van der Waals surface area contributed by atoms with Crippen LogP contribution in [0.2, 0.25) is 18.1 Å². The molecule has 0 atom stereocenters. The average molecular weight is 451 g/mol. The van der Waals surface area contributed by atoms with Crippen molar-refractivity contribution in [3.05, 3.63) is 23.8 Å². The molecule has 2 N–H and O–H groups in total. The van der Waals surface area contributed by atoms with Gasteiger partial charge in [0.25, 0.3) is 0 Å². The van der Waals surface area contributed by atoms with Gasteiger partial charge in [-0.05, 0) is 85.8 Å². The molecule has 2 saturated carbocycles. The lowest BCUT2D eigenvalue weighted by atomic mass is 9.66. The van der Waals surface area contributed by atoms with Gasteiger partial charge in [-0.2, -0.15) is 0 Å². The number of sulfonamides is 1. The van der Waals surface area contributed by atoms with Crippen LogP contribution in [0.1, 0.15) is 64.9 Å². The van der Waals surface area contributed by atoms with Crippen molar-refractivity contribution in [1.82, 2.24) is 0 Å². The predicted octanol–water partition coefficient (Wildman–Crippen LogP) is 5.47. The average Bonchev–Trinajstić information content (AvgIpc) is 3.32. The Balaban J connectivity index is 1.41. The highest BCUT2D eigenvalue weighted by Crippen LogP contribution is 2.61. The molecule has 0 amide bonds. The Morgan fingerprint density at radius 2 is 1.73 bits per heavy atom. The second-order valence-corrected chi connectivity index (χ2v) is 18.1. The number of hydrogen-bond acceptors (Lipinski definition) is 4. The molecule has 0 bridgehead atoms. The van der Waals surface area contributed by atoms with Crippen LogP contribution in [0.4, 0.5) is 11.4 Å². The Hall–Kier alpha value is -1.05. The van der Waals surface area contributed by atoms with Gasteiger partial charge in [0.1, 0.15) is 0 Å². The zero-order valence-electron chi connectivity index (χ0n) is 19.2. The van der Waals surface area contributed by atoms with E-state index in [0.29, 0.717) is 11.1 Å². The van der Waals surface area contributed by atoms with Crippen molar-refractivity contribution < 1.29 is 12.8 Å². The van der Waals surface area contributed by atoms with Crippen LogP contribution in [0.5, 0.6) is 0 Å². The summed E-state index contributed by atoms with van der Waals surface area (Å²) in [7, 11) is -5.39. The zero-order valence-corrected chi connectivity index (χ0v) is 21.0. The van der Waals surface area contributed by atoms with Gasteiger partial charge < -0.3 is 9.74 Å². The van der Waals surface area contributed by atoms with Crippen LogP contribution >= 0.6 is 0 Å². The van der Waals surface area contributed by atoms with Crippen LogP contribution in [-0.4, -0.2) is 35.6 Å². The highest BCUT2D eigenvalue weighted by atomic mass is 32.2. The molecule has 4 rings (SSSR count). The second-order valence-electron chi connectivity index (χ2n) is 11.4. The maximum Gasteiger partial charge on any atom is 0.234 e. The van der Waals surface area contributed by atoms with Gasteiger partial charge in [0.15, 0.2) is 8.32 Å². The molecule has 7 heteroatoms. The van der Waals surface area contributed by atoms with Gasteiger partial charge in [-0.15, -0.1) is 0 Å². The van der Waals surface area contributed by atoms with E-state index in [1.165, 1.54) is 49.8 Å². The van der Waals surface area contributed by atoms with E-state index in [2.05, 4.69) is 50.0 Å². The molecule has 0 saturated heterocycles. The molecule has 30 heavy (non-hydrogen) atoms. The Labute approximate surface area is 183 Å². The summed E-state index contributed by atoms with van der Waals surface area (Å²) in [5.41, 5.74) is 3.98. The largest absolute Gasteiger partial charge is 0.416 e. The van der Waals surface area contributed by atoms with Gasteiger partial charge in [-0.1, -0.05) is 20.8 Å². The Morgan fingerprint density at radius 1 is 1.10 bits per heavy atom. The van der Waals surface area contributed by atoms with Gasteiger partial charge in [-0.3, -0.25) is 4.72 Å². The van der Waals surface area contributed by atoms with E-state index in [0.717, 1.165) is 6.54 Å². The predicted molar refractivity (Wildman–Crippen MR) is 127 cm³/mol. The molecule has 0 aromatic heterocycles. The van der Waals surface area contributed by atoms with Crippen molar-refractivity contribution in [2.75, 3.05) is 28.9 Å². The van der Waals surface area contributed by atoms with E-state index < -0.39 is 18.3 Å². The number of anilines is 2. The summed E-state index contributed by atoms with van der Waals surface area (Å²) in [5, 5.41) is 3.64. The van der Waals surface area contributed by atoms with Gasteiger partial charge in [0.05, 0.1) is 5.75 Å². The van der Waals surface area contributed by atoms with Crippen LogP contribution < -0.4 is 10.0 Å². The van der Waals surface area contributed by atoms with Gasteiger partial charge >= 0.3 is 0 Å². The molecule has 1 aromatic carbocycles. The van der Waals surface area contributed by atoms with Crippen molar-refractivity contribution >= 4 is 29.7 Å². The third kappa shape index (κ3) is 4.30. The molecule has 2 fully saturated rings. The molecular formula is C23H38N2O3SSi. The highest BCUT2D eigenvalue weighted by molar-refractivity contribution is 7.92. The molecule has 5 nitrogen and oxygen atoms in total. The highest BCUT2D eigenvalue weighted by Gasteiger charge is 2.51. The fourth-order valence-corrected chi connectivity index (χ4v) is 6.88. The lowest BCUT2D eigenvalue weighted by molar-refractivity contribution is 0.232. The lowest BCUT2D eigenvalue weighted by Crippen LogP contribution is -2.42. The first-order valence-electron chi connectivity index (χ1n) is 11.4. The summed E-state index contributed by atoms with van der Waals surface area (Å²) < 4.78 is 34.3. The molecule has 0 radical (unpaired) electrons. The summed E-state index contributed by atoms with van der Waals surface area (Å²) in [5.74, 6) is -0.0114. The van der Waals surface area contributed by atoms with Crippen molar-refractivity contribution in [1.29, 1.82) is 0 Å². The molecule has 0 unspecified atom stereocenters. The number of nitrogens with one attached hydrogen (secondary N) is 2. The quantitative estimate of drug-likeness (QED) is 0.564. The standard InChI is InChI=1S/C23H38N2O3SSi/c1-21(2,3)30(4,5)28-14-15-29(26,27)25-18-6-7-20-19(16-18)23(17-24-20)12-10-22(8-9-22)11-13-23/h6-7,16,24-25H,8-15,17H2,1-5H3. The van der Waals surface area contributed by atoms with Crippen molar-refractivity contribution in [3.63, 3.8) is 0 Å². The molecule has 3 aliphatic rings. The van der Waals surface area contributed by atoms with E-state index >= 15 is 0 Å². The monoisotopic (exact) mass is 450 g/mol. The van der Waals surface area contributed by atoms with Crippen molar-refractivity contribution in [3.8, 4) is 0 Å². The second kappa shape index (κ2) is 7.24. The molecule has 1 heterocycles. The van der Waals surface area contributed by atoms with Crippen LogP contribution in [0.3, 0.4) is 0 Å². The molecule has 2 spiro atoms. The maximum absolute atomic E-state index is 12.7. The number of fused-ring (bicyclic) bond motifs is 2. The number of rotatable bonds is 6. The van der Waals surface area contributed by atoms with Gasteiger partial charge in [-0.25, -0.2) is 8.42 Å². The van der Waals surface area contributed by atoms with E-state index in [1.807, 2.05) is 12.1 Å². The summed E-state index contributed by atoms with van der Waals surface area (Å²) in [6.45, 7) is 12.0. The number of hydrogen-bond donors (Lipinski definition) is 2. The first-order valence-corrected chi connectivity index (χ1v) is 15.9. The molecular weight excluding hydrogens is 412 g/mol. The third-order valence-corrected chi connectivity index (χ3v) is 14.1. The van der Waals surface area contributed by atoms with Crippen LogP contribution in [0, 0.1) is 5.41 Å². The van der Waals surface area contributed by atoms with Crippen LogP contribution in [0.25, 0.3) is 0 Å². The topological polar surface area (TPSA) is 67.4 Å². The van der Waals surface area contributed by atoms with E-state index in [9.17, 15) is 8.42 Å². The fourth-order valence-electron chi connectivity index (χ4n) is 4.80. The molecule has 1 aliphatic heterocycles. The van der Waals surface area contributed by atoms with Crippen molar-refractivity contribution in [2.45, 2.75) is 82.8 Å². The Morgan fingerprint density at radius 3 is 2.33 bits per heavy atom. The first-order chi connectivity index (χ1) is 13.9. The summed E-state index contributed by atoms with van der Waals surface area (Å²) in [6.07, 6.45) is 7.86. The molecule has 2 aliphatic carbocycles. The number of benzene rings is 1. The minimum atomic E-state index is -3.44. The normalized spacial score (nSPS) is 22.0. The summed E-state index contributed by atoms with van der Waals surface area (Å²) >= 11 is 0. The van der Waals surface area contributed by atoms with E-state index in [-0.39, 0.29) is 22.8 Å². The smallest absolute Gasteiger partial charge is 0.234 e. The lowest BCUT2D eigenvalue weighted by Gasteiger charge is -2.37. The van der Waals surface area contributed by atoms with E-state index in [1.54, 1.807) is 0 Å². The Kier molecular flexibility index (Phi) is 5.35. The minimum Gasteiger partial charge on any atom is -0.416 e. The minimum absolute atomic E-state index is 0.0114. The summed E-state index contributed by atoms with van der Waals surface area (Å²) in [4.78, 5) is 0. The van der Waals surface area contributed by atoms with Crippen LogP contribution in [0.15, 0.2) is 18.2 Å². The Bertz CT molecular complexity index is 907. The maximum atomic E-state index is 12.7. The third-order valence-electron chi connectivity index (χ3n) is 8.33. The summed E-state index contributed by atoms with van der Waals surface area (Å²) in [6, 6.07) is 5.99. The van der Waals surface area contributed by atoms with Gasteiger partial charge in [0, 0.05) is 29.9 Å².